The van der Waals surface area contributed by atoms with Crippen LogP contribution in [0.15, 0.2) is 38.4 Å². The van der Waals surface area contributed by atoms with Crippen molar-refractivity contribution in [3.05, 3.63) is 30.2 Å². The van der Waals surface area contributed by atoms with Crippen LogP contribution >= 0.6 is 0 Å². The van der Waals surface area contributed by atoms with Gasteiger partial charge in [-0.2, -0.15) is 0 Å². The lowest BCUT2D eigenvalue weighted by molar-refractivity contribution is 0.0943. The number of carbonyl (C=O) groups is 1. The number of rotatable bonds is 7. The second-order valence-electron chi connectivity index (χ2n) is 5.30. The van der Waals surface area contributed by atoms with Crippen LogP contribution in [0.5, 0.6) is 0 Å². The van der Waals surface area contributed by atoms with Gasteiger partial charge in [0.05, 0.1) is 18.6 Å². The zero-order valence-corrected chi connectivity index (χ0v) is 13.1. The molecule has 0 saturated heterocycles. The van der Waals surface area contributed by atoms with Crippen LogP contribution in [0.4, 0.5) is 0 Å². The van der Waals surface area contributed by atoms with Gasteiger partial charge in [0.2, 0.25) is 5.76 Å². The minimum Gasteiger partial charge on any atom is -0.461 e. The van der Waals surface area contributed by atoms with Gasteiger partial charge in [0, 0.05) is 32.1 Å². The summed E-state index contributed by atoms with van der Waals surface area (Å²) in [6.45, 7) is 5.47. The number of nitrogens with zero attached hydrogens (tertiary/aromatic N) is 3. The first-order valence-corrected chi connectivity index (χ1v) is 7.85. The van der Waals surface area contributed by atoms with Gasteiger partial charge in [-0.1, -0.05) is 12.1 Å². The smallest absolute Gasteiger partial charge is 0.273 e. The SMILES string of the molecule is CCC1=NCCN1CCCNC(=O)c1cc(-c2ccco2)on1. The van der Waals surface area contributed by atoms with E-state index in [1.165, 1.54) is 0 Å². The van der Waals surface area contributed by atoms with Crippen LogP contribution in [-0.4, -0.2) is 48.0 Å². The highest BCUT2D eigenvalue weighted by molar-refractivity contribution is 5.92. The van der Waals surface area contributed by atoms with E-state index >= 15 is 0 Å². The second kappa shape index (κ2) is 7.13. The Hall–Kier alpha value is -2.57. The van der Waals surface area contributed by atoms with Gasteiger partial charge >= 0.3 is 0 Å². The molecule has 0 radical (unpaired) electrons. The molecule has 0 aromatic carbocycles. The number of aromatic nitrogens is 1. The van der Waals surface area contributed by atoms with Crippen molar-refractivity contribution in [2.45, 2.75) is 19.8 Å². The Morgan fingerprint density at radius 2 is 2.35 bits per heavy atom. The predicted molar refractivity (Wildman–Crippen MR) is 85.3 cm³/mol. The highest BCUT2D eigenvalue weighted by Crippen LogP contribution is 2.20. The van der Waals surface area contributed by atoms with Gasteiger partial charge in [0.15, 0.2) is 11.5 Å². The van der Waals surface area contributed by atoms with Crippen molar-refractivity contribution >= 4 is 11.7 Å². The maximum absolute atomic E-state index is 12.0. The molecule has 1 aliphatic rings. The zero-order valence-electron chi connectivity index (χ0n) is 13.1. The fraction of sp³-hybridized carbons (Fsp3) is 0.438. The molecule has 122 valence electrons. The van der Waals surface area contributed by atoms with Gasteiger partial charge in [-0.3, -0.25) is 9.79 Å². The lowest BCUT2D eigenvalue weighted by atomic mass is 10.3. The summed E-state index contributed by atoms with van der Waals surface area (Å²) >= 11 is 0. The Balaban J connectivity index is 1.44. The third-order valence-corrected chi connectivity index (χ3v) is 3.74. The molecule has 2 aromatic heterocycles. The lowest BCUT2D eigenvalue weighted by Crippen LogP contribution is -2.32. The van der Waals surface area contributed by atoms with Crippen molar-refractivity contribution in [3.8, 4) is 11.5 Å². The number of hydrogen-bond donors (Lipinski definition) is 1. The minimum atomic E-state index is -0.239. The van der Waals surface area contributed by atoms with E-state index in [0.717, 1.165) is 38.3 Å². The minimum absolute atomic E-state index is 0.239. The standard InChI is InChI=1S/C16H20N4O3/c1-2-15-17-7-9-20(15)8-4-6-18-16(21)12-11-14(23-19-12)13-5-3-10-22-13/h3,5,10-11H,2,4,6-9H2,1H3,(H,18,21). The number of aliphatic imine (C=N–C) groups is 1. The summed E-state index contributed by atoms with van der Waals surface area (Å²) in [7, 11) is 0. The molecule has 0 fully saturated rings. The van der Waals surface area contributed by atoms with Gasteiger partial charge in [-0.05, 0) is 18.6 Å². The first-order chi connectivity index (χ1) is 11.3. The quantitative estimate of drug-likeness (QED) is 0.792. The van der Waals surface area contributed by atoms with Crippen LogP contribution in [0.25, 0.3) is 11.5 Å². The average Bonchev–Trinajstić information content (AvgIpc) is 3.31. The number of hydrogen-bond acceptors (Lipinski definition) is 6. The van der Waals surface area contributed by atoms with Crippen molar-refractivity contribution in [1.29, 1.82) is 0 Å². The summed E-state index contributed by atoms with van der Waals surface area (Å²) in [6, 6.07) is 5.09. The van der Waals surface area contributed by atoms with Crippen molar-refractivity contribution < 1.29 is 13.7 Å². The van der Waals surface area contributed by atoms with Gasteiger partial charge in [0.25, 0.3) is 5.91 Å². The molecule has 0 bridgehead atoms. The van der Waals surface area contributed by atoms with Gasteiger partial charge in [-0.25, -0.2) is 0 Å². The molecule has 23 heavy (non-hydrogen) atoms. The monoisotopic (exact) mass is 316 g/mol. The molecular weight excluding hydrogens is 296 g/mol. The second-order valence-corrected chi connectivity index (χ2v) is 5.30. The molecule has 0 aliphatic carbocycles. The van der Waals surface area contributed by atoms with Crippen molar-refractivity contribution in [2.75, 3.05) is 26.2 Å². The third-order valence-electron chi connectivity index (χ3n) is 3.74. The molecule has 1 amide bonds. The largest absolute Gasteiger partial charge is 0.461 e. The summed E-state index contributed by atoms with van der Waals surface area (Å²) in [5.41, 5.74) is 0.258. The molecule has 3 rings (SSSR count). The highest BCUT2D eigenvalue weighted by atomic mass is 16.5. The number of amides is 1. The van der Waals surface area contributed by atoms with Crippen molar-refractivity contribution in [1.82, 2.24) is 15.4 Å². The van der Waals surface area contributed by atoms with Crippen LogP contribution in [-0.2, 0) is 0 Å². The Labute approximate surface area is 134 Å². The lowest BCUT2D eigenvalue weighted by Gasteiger charge is -2.19. The number of amidine groups is 1. The fourth-order valence-corrected chi connectivity index (χ4v) is 2.58. The molecule has 0 unspecified atom stereocenters. The molecule has 1 N–H and O–H groups in total. The van der Waals surface area contributed by atoms with Crippen LogP contribution in [0, 0.1) is 0 Å². The highest BCUT2D eigenvalue weighted by Gasteiger charge is 2.16. The normalized spacial score (nSPS) is 14.1. The number of nitrogens with one attached hydrogen (secondary N) is 1. The summed E-state index contributed by atoms with van der Waals surface area (Å²) in [5.74, 6) is 1.92. The molecule has 0 saturated carbocycles. The van der Waals surface area contributed by atoms with Crippen LogP contribution < -0.4 is 5.32 Å². The number of furan rings is 1. The van der Waals surface area contributed by atoms with E-state index in [-0.39, 0.29) is 11.6 Å². The molecule has 0 atom stereocenters. The Bertz CT molecular complexity index is 675. The first kappa shape index (κ1) is 15.3. The number of carbonyl (C=O) groups excluding carboxylic acids is 1. The van der Waals surface area contributed by atoms with Crippen LogP contribution in [0.1, 0.15) is 30.3 Å². The average molecular weight is 316 g/mol. The van der Waals surface area contributed by atoms with E-state index in [2.05, 4.69) is 27.3 Å². The third kappa shape index (κ3) is 3.61. The Morgan fingerprint density at radius 3 is 3.13 bits per heavy atom. The zero-order chi connectivity index (χ0) is 16.1. The summed E-state index contributed by atoms with van der Waals surface area (Å²) in [4.78, 5) is 18.8. The van der Waals surface area contributed by atoms with E-state index in [4.69, 9.17) is 8.94 Å². The molecule has 3 heterocycles. The van der Waals surface area contributed by atoms with E-state index in [0.29, 0.717) is 18.1 Å². The topological polar surface area (TPSA) is 83.9 Å². The molecule has 0 spiro atoms. The summed E-state index contributed by atoms with van der Waals surface area (Å²) in [6.07, 6.45) is 3.37. The van der Waals surface area contributed by atoms with Gasteiger partial charge in [-0.15, -0.1) is 0 Å². The maximum atomic E-state index is 12.0. The summed E-state index contributed by atoms with van der Waals surface area (Å²) in [5, 5.41) is 6.63. The maximum Gasteiger partial charge on any atom is 0.273 e. The van der Waals surface area contributed by atoms with Gasteiger partial charge < -0.3 is 19.2 Å². The van der Waals surface area contributed by atoms with E-state index in [9.17, 15) is 4.79 Å². The van der Waals surface area contributed by atoms with Crippen molar-refractivity contribution in [2.24, 2.45) is 4.99 Å². The van der Waals surface area contributed by atoms with Gasteiger partial charge in [0.1, 0.15) is 0 Å². The molecule has 2 aromatic rings. The van der Waals surface area contributed by atoms with Crippen LogP contribution in [0.2, 0.25) is 0 Å². The Morgan fingerprint density at radius 1 is 1.43 bits per heavy atom. The van der Waals surface area contributed by atoms with E-state index in [1.807, 2.05) is 0 Å². The Kier molecular flexibility index (Phi) is 4.75. The van der Waals surface area contributed by atoms with E-state index in [1.54, 1.807) is 24.5 Å². The predicted octanol–water partition coefficient (Wildman–Crippen LogP) is 2.18. The molecular formula is C16H20N4O3. The van der Waals surface area contributed by atoms with E-state index < -0.39 is 0 Å². The van der Waals surface area contributed by atoms with Crippen LogP contribution in [0.3, 0.4) is 0 Å². The first-order valence-electron chi connectivity index (χ1n) is 7.85. The molecule has 1 aliphatic heterocycles. The van der Waals surface area contributed by atoms with Crippen molar-refractivity contribution in [3.63, 3.8) is 0 Å². The molecule has 7 nitrogen and oxygen atoms in total. The summed E-state index contributed by atoms with van der Waals surface area (Å²) < 4.78 is 10.3. The molecule has 7 heteroatoms. The fourth-order valence-electron chi connectivity index (χ4n) is 2.58.